The summed E-state index contributed by atoms with van der Waals surface area (Å²) < 4.78 is 37.8. The van der Waals surface area contributed by atoms with Crippen LogP contribution in [0.15, 0.2) is 30.3 Å². The van der Waals surface area contributed by atoms with E-state index in [1.807, 2.05) is 30.3 Å². The lowest BCUT2D eigenvalue weighted by molar-refractivity contribution is -0.143. The zero-order valence-electron chi connectivity index (χ0n) is 18.8. The van der Waals surface area contributed by atoms with E-state index in [-0.39, 0.29) is 25.3 Å². The van der Waals surface area contributed by atoms with Gasteiger partial charge in [-0.15, -0.1) is 0 Å². The summed E-state index contributed by atoms with van der Waals surface area (Å²) in [6.07, 6.45) is 3.65. The Labute approximate surface area is 198 Å². The molecule has 1 aromatic carbocycles. The van der Waals surface area contributed by atoms with E-state index < -0.39 is 34.3 Å². The molecule has 0 saturated carbocycles. The average molecular weight is 495 g/mol. The molecule has 2 N–H and O–H groups in total. The minimum absolute atomic E-state index is 0.111. The minimum Gasteiger partial charge on any atom is -0.445 e. The van der Waals surface area contributed by atoms with Crippen LogP contribution in [0.25, 0.3) is 0 Å². The molecule has 34 heavy (non-hydrogen) atoms. The third kappa shape index (κ3) is 5.27. The molecule has 0 radical (unpaired) electrons. The van der Waals surface area contributed by atoms with E-state index in [1.54, 1.807) is 4.90 Å². The van der Waals surface area contributed by atoms with Gasteiger partial charge in [0.15, 0.2) is 0 Å². The molecule has 0 aliphatic carbocycles. The van der Waals surface area contributed by atoms with Crippen molar-refractivity contribution in [2.24, 2.45) is 0 Å². The molecule has 4 rings (SSSR count). The van der Waals surface area contributed by atoms with Crippen LogP contribution in [0.3, 0.4) is 0 Å². The summed E-state index contributed by atoms with van der Waals surface area (Å²) in [5, 5.41) is 2.98. The number of ether oxygens (including phenoxy) is 1. The SMILES string of the molecule is O=C(OCc1ccccc1)N1CCCCC(NC(=O)N2CC[C@@H]3[C@H]2C(=O)N3S(=O)(=O)O)CCC1. The van der Waals surface area contributed by atoms with Crippen LogP contribution in [-0.2, 0) is 26.4 Å². The molecule has 3 fully saturated rings. The fourth-order valence-corrected chi connectivity index (χ4v) is 5.82. The van der Waals surface area contributed by atoms with Crippen molar-refractivity contribution in [1.82, 2.24) is 19.4 Å². The molecule has 12 heteroatoms. The highest BCUT2D eigenvalue weighted by molar-refractivity contribution is 7.84. The smallest absolute Gasteiger partial charge is 0.410 e. The van der Waals surface area contributed by atoms with Gasteiger partial charge in [-0.05, 0) is 44.1 Å². The van der Waals surface area contributed by atoms with Crippen LogP contribution >= 0.6 is 0 Å². The molecule has 1 aromatic rings. The van der Waals surface area contributed by atoms with Crippen LogP contribution in [-0.4, -0.2) is 82.9 Å². The molecule has 11 nitrogen and oxygen atoms in total. The number of hydrogen-bond acceptors (Lipinski definition) is 6. The van der Waals surface area contributed by atoms with E-state index in [9.17, 15) is 27.4 Å². The number of fused-ring (bicyclic) bond motifs is 1. The lowest BCUT2D eigenvalue weighted by Crippen LogP contribution is -2.69. The number of urea groups is 1. The minimum atomic E-state index is -4.61. The highest BCUT2D eigenvalue weighted by Gasteiger charge is 2.60. The van der Waals surface area contributed by atoms with Crippen molar-refractivity contribution >= 4 is 28.3 Å². The Hall–Kier alpha value is -2.86. The second-order valence-electron chi connectivity index (χ2n) is 8.92. The van der Waals surface area contributed by atoms with E-state index in [1.165, 1.54) is 4.90 Å². The molecule has 3 atom stereocenters. The predicted octanol–water partition coefficient (Wildman–Crippen LogP) is 1.76. The molecule has 4 amide bonds. The lowest BCUT2D eigenvalue weighted by Gasteiger charge is -2.42. The number of likely N-dealkylation sites (tertiary alicyclic amines) is 1. The second-order valence-corrected chi connectivity index (χ2v) is 10.2. The Morgan fingerprint density at radius 3 is 2.47 bits per heavy atom. The normalized spacial score (nSPS) is 25.5. The first kappa shape index (κ1) is 24.3. The van der Waals surface area contributed by atoms with Gasteiger partial charge in [-0.3, -0.25) is 9.35 Å². The third-order valence-corrected chi connectivity index (χ3v) is 7.60. The quantitative estimate of drug-likeness (QED) is 0.481. The predicted molar refractivity (Wildman–Crippen MR) is 121 cm³/mol. The zero-order valence-corrected chi connectivity index (χ0v) is 19.7. The van der Waals surface area contributed by atoms with Crippen LogP contribution in [0, 0.1) is 0 Å². The number of benzene rings is 1. The van der Waals surface area contributed by atoms with Crippen LogP contribution in [0.1, 0.15) is 44.1 Å². The molecule has 1 unspecified atom stereocenters. The van der Waals surface area contributed by atoms with Crippen molar-refractivity contribution in [2.45, 2.75) is 63.3 Å². The maximum absolute atomic E-state index is 12.8. The first-order chi connectivity index (χ1) is 16.3. The maximum atomic E-state index is 12.8. The number of hydrogen-bond donors (Lipinski definition) is 2. The highest BCUT2D eigenvalue weighted by atomic mass is 32.2. The van der Waals surface area contributed by atoms with Crippen molar-refractivity contribution in [2.75, 3.05) is 19.6 Å². The maximum Gasteiger partial charge on any atom is 0.410 e. The molecule has 0 spiro atoms. The summed E-state index contributed by atoms with van der Waals surface area (Å²) in [5.74, 6) is -0.778. The van der Waals surface area contributed by atoms with Gasteiger partial charge in [0.05, 0.1) is 6.04 Å². The summed E-state index contributed by atoms with van der Waals surface area (Å²) >= 11 is 0. The summed E-state index contributed by atoms with van der Waals surface area (Å²) in [5.41, 5.74) is 0.927. The number of β-lactam (4-membered cyclic amide) rings is 1. The molecule has 3 aliphatic heterocycles. The van der Waals surface area contributed by atoms with E-state index in [4.69, 9.17) is 4.74 Å². The average Bonchev–Trinajstić information content (AvgIpc) is 3.21. The Kier molecular flexibility index (Phi) is 7.27. The summed E-state index contributed by atoms with van der Waals surface area (Å²) in [6.45, 7) is 1.58. The van der Waals surface area contributed by atoms with Crippen molar-refractivity contribution in [3.8, 4) is 0 Å². The number of nitrogens with zero attached hydrogens (tertiary/aromatic N) is 3. The largest absolute Gasteiger partial charge is 0.445 e. The molecule has 3 saturated heterocycles. The van der Waals surface area contributed by atoms with Gasteiger partial charge in [-0.25, -0.2) is 13.9 Å². The Balaban J connectivity index is 1.25. The van der Waals surface area contributed by atoms with Crippen LogP contribution in [0.2, 0.25) is 0 Å². The van der Waals surface area contributed by atoms with Gasteiger partial charge < -0.3 is 19.9 Å². The summed E-state index contributed by atoms with van der Waals surface area (Å²) in [4.78, 5) is 40.6. The Morgan fingerprint density at radius 2 is 1.74 bits per heavy atom. The highest BCUT2D eigenvalue weighted by Crippen LogP contribution is 2.35. The van der Waals surface area contributed by atoms with E-state index in [0.717, 1.165) is 24.8 Å². The molecule has 3 heterocycles. The van der Waals surface area contributed by atoms with Gasteiger partial charge in [0.2, 0.25) is 0 Å². The second kappa shape index (κ2) is 10.2. The standard InChI is InChI=1S/C22H30N4O7S/c27-20-19-18(26(20)34(30,31)32)11-14-25(19)21(28)23-17-9-4-5-12-24(13-6-10-17)22(29)33-15-16-7-2-1-3-8-16/h1-3,7-8,17-19H,4-6,9-15H2,(H,23,28)(H,30,31,32)/t17?,18-,19+/m1/s1. The van der Waals surface area contributed by atoms with Crippen LogP contribution in [0.4, 0.5) is 9.59 Å². The summed E-state index contributed by atoms with van der Waals surface area (Å²) in [6, 6.07) is 7.43. The third-order valence-electron chi connectivity index (χ3n) is 6.65. The lowest BCUT2D eigenvalue weighted by atomic mass is 10.0. The number of rotatable bonds is 4. The van der Waals surface area contributed by atoms with Crippen LogP contribution in [0.5, 0.6) is 0 Å². The van der Waals surface area contributed by atoms with Gasteiger partial charge in [-0.2, -0.15) is 8.42 Å². The first-order valence-electron chi connectivity index (χ1n) is 11.6. The number of carbonyl (C=O) groups is 3. The fraction of sp³-hybridized carbons (Fsp3) is 0.591. The van der Waals surface area contributed by atoms with Gasteiger partial charge >= 0.3 is 22.4 Å². The molecule has 0 bridgehead atoms. The van der Waals surface area contributed by atoms with E-state index >= 15 is 0 Å². The summed E-state index contributed by atoms with van der Waals surface area (Å²) in [7, 11) is -4.61. The Bertz CT molecular complexity index is 1020. The topological polar surface area (TPSA) is 137 Å². The van der Waals surface area contributed by atoms with Crippen molar-refractivity contribution < 1.29 is 32.1 Å². The van der Waals surface area contributed by atoms with Gasteiger partial charge in [0.25, 0.3) is 5.91 Å². The monoisotopic (exact) mass is 494 g/mol. The zero-order chi connectivity index (χ0) is 24.3. The Morgan fingerprint density at radius 1 is 1.03 bits per heavy atom. The number of amides is 4. The van der Waals surface area contributed by atoms with Crippen molar-refractivity contribution in [1.29, 1.82) is 0 Å². The molecule has 0 aromatic heterocycles. The number of nitrogens with one attached hydrogen (secondary N) is 1. The van der Waals surface area contributed by atoms with Gasteiger partial charge in [0, 0.05) is 25.7 Å². The van der Waals surface area contributed by atoms with E-state index in [0.29, 0.717) is 36.7 Å². The van der Waals surface area contributed by atoms with Crippen LogP contribution < -0.4 is 5.32 Å². The number of carbonyl (C=O) groups excluding carboxylic acids is 3. The van der Waals surface area contributed by atoms with Crippen molar-refractivity contribution in [3.63, 3.8) is 0 Å². The molecule has 186 valence electrons. The molecule has 3 aliphatic rings. The van der Waals surface area contributed by atoms with E-state index in [2.05, 4.69) is 5.32 Å². The van der Waals surface area contributed by atoms with Gasteiger partial charge in [0.1, 0.15) is 12.6 Å². The van der Waals surface area contributed by atoms with Crippen molar-refractivity contribution in [3.05, 3.63) is 35.9 Å². The molecular weight excluding hydrogens is 464 g/mol. The first-order valence-corrected chi connectivity index (χ1v) is 13.0. The fourth-order valence-electron chi connectivity index (χ4n) is 4.92. The molecular formula is C22H30N4O7S. The van der Waals surface area contributed by atoms with Gasteiger partial charge in [-0.1, -0.05) is 30.3 Å².